The third kappa shape index (κ3) is 21.3. The van der Waals surface area contributed by atoms with Gasteiger partial charge >= 0.3 is 11.9 Å². The van der Waals surface area contributed by atoms with Gasteiger partial charge in [-0.15, -0.1) is 0 Å². The first-order valence-corrected chi connectivity index (χ1v) is 13.4. The maximum Gasteiger partial charge on any atom is 0.332 e. The lowest BCUT2D eigenvalue weighted by molar-refractivity contribution is -0.153. The van der Waals surface area contributed by atoms with Crippen molar-refractivity contribution in [2.75, 3.05) is 39.6 Å². The molecular formula is C26H50O8. The summed E-state index contributed by atoms with van der Waals surface area (Å²) in [5.74, 6) is -1.85. The van der Waals surface area contributed by atoms with Crippen LogP contribution in [0, 0.1) is 0 Å². The highest BCUT2D eigenvalue weighted by Crippen LogP contribution is 2.12. The zero-order valence-electron chi connectivity index (χ0n) is 21.6. The Morgan fingerprint density at radius 3 is 1.21 bits per heavy atom. The molecule has 0 radical (unpaired) electrons. The van der Waals surface area contributed by atoms with Gasteiger partial charge in [-0.05, 0) is 12.8 Å². The van der Waals surface area contributed by atoms with Gasteiger partial charge in [-0.2, -0.15) is 0 Å². The highest BCUT2D eigenvalue weighted by molar-refractivity contribution is 5.72. The Morgan fingerprint density at radius 2 is 0.853 bits per heavy atom. The number of rotatable bonds is 27. The van der Waals surface area contributed by atoms with Gasteiger partial charge in [0.2, 0.25) is 0 Å². The fourth-order valence-electron chi connectivity index (χ4n) is 3.60. The molecule has 0 rings (SSSR count). The quantitative estimate of drug-likeness (QED) is 0.146. The van der Waals surface area contributed by atoms with E-state index in [1.54, 1.807) is 0 Å². The van der Waals surface area contributed by atoms with Gasteiger partial charge in [-0.1, -0.05) is 90.9 Å². The lowest BCUT2D eigenvalue weighted by Crippen LogP contribution is -2.26. The smallest absolute Gasteiger partial charge is 0.332 e. The third-order valence-corrected chi connectivity index (χ3v) is 5.66. The summed E-state index contributed by atoms with van der Waals surface area (Å²) in [6.07, 6.45) is 12.9. The summed E-state index contributed by atoms with van der Waals surface area (Å²) in [5.41, 5.74) is 0. The molecule has 0 heterocycles. The highest BCUT2D eigenvalue weighted by atomic mass is 16.6. The maximum absolute atomic E-state index is 11.3. The SMILES string of the molecule is CCCCCCCCC(OCCOCCOCCOC(CCCCCCCC)C(=O)O)C(=O)O. The number of carboxylic acids is 2. The lowest BCUT2D eigenvalue weighted by Gasteiger charge is -2.14. The minimum atomic E-state index is -0.923. The van der Waals surface area contributed by atoms with E-state index < -0.39 is 24.1 Å². The summed E-state index contributed by atoms with van der Waals surface area (Å²) in [6, 6.07) is 0. The molecule has 0 aliphatic rings. The Hall–Kier alpha value is -1.22. The third-order valence-electron chi connectivity index (χ3n) is 5.66. The Labute approximate surface area is 206 Å². The van der Waals surface area contributed by atoms with Crippen LogP contribution in [0.5, 0.6) is 0 Å². The minimum absolute atomic E-state index is 0.231. The second-order valence-electron chi connectivity index (χ2n) is 8.73. The second kappa shape index (κ2) is 24.9. The number of unbranched alkanes of at least 4 members (excludes halogenated alkanes) is 10. The monoisotopic (exact) mass is 490 g/mol. The average Bonchev–Trinajstić information content (AvgIpc) is 2.81. The van der Waals surface area contributed by atoms with Crippen molar-refractivity contribution in [2.45, 2.75) is 116 Å². The van der Waals surface area contributed by atoms with Gasteiger partial charge in [0.05, 0.1) is 39.6 Å². The molecule has 0 saturated heterocycles. The number of carboxylic acid groups (broad SMARTS) is 2. The number of ether oxygens (including phenoxy) is 4. The topological polar surface area (TPSA) is 112 Å². The van der Waals surface area contributed by atoms with Crippen molar-refractivity contribution in [3.8, 4) is 0 Å². The first-order chi connectivity index (χ1) is 16.5. The van der Waals surface area contributed by atoms with E-state index in [9.17, 15) is 19.8 Å². The first-order valence-electron chi connectivity index (χ1n) is 13.4. The fraction of sp³-hybridized carbons (Fsp3) is 0.923. The molecule has 2 N–H and O–H groups in total. The predicted molar refractivity (Wildman–Crippen MR) is 132 cm³/mol. The number of aliphatic carboxylic acids is 2. The highest BCUT2D eigenvalue weighted by Gasteiger charge is 2.18. The van der Waals surface area contributed by atoms with Crippen molar-refractivity contribution in [3.05, 3.63) is 0 Å². The van der Waals surface area contributed by atoms with Gasteiger partial charge in [0.15, 0.2) is 12.2 Å². The minimum Gasteiger partial charge on any atom is -0.479 e. The largest absolute Gasteiger partial charge is 0.479 e. The van der Waals surface area contributed by atoms with E-state index in [0.717, 1.165) is 38.5 Å². The van der Waals surface area contributed by atoms with Crippen LogP contribution in [0.15, 0.2) is 0 Å². The van der Waals surface area contributed by atoms with Crippen LogP contribution in [0.25, 0.3) is 0 Å². The molecule has 0 bridgehead atoms. The molecule has 0 spiro atoms. The summed E-state index contributed by atoms with van der Waals surface area (Å²) in [5, 5.41) is 18.5. The second-order valence-corrected chi connectivity index (χ2v) is 8.73. The van der Waals surface area contributed by atoms with Crippen molar-refractivity contribution in [2.24, 2.45) is 0 Å². The first kappa shape index (κ1) is 32.8. The van der Waals surface area contributed by atoms with E-state index in [-0.39, 0.29) is 13.2 Å². The zero-order chi connectivity index (χ0) is 25.3. The molecule has 2 atom stereocenters. The number of hydrogen-bond donors (Lipinski definition) is 2. The normalized spacial score (nSPS) is 13.1. The van der Waals surface area contributed by atoms with Crippen LogP contribution in [0.2, 0.25) is 0 Å². The number of hydrogen-bond acceptors (Lipinski definition) is 6. The van der Waals surface area contributed by atoms with Gasteiger partial charge in [0.25, 0.3) is 0 Å². The number of carbonyl (C=O) groups is 2. The maximum atomic E-state index is 11.3. The van der Waals surface area contributed by atoms with E-state index in [0.29, 0.717) is 39.3 Å². The van der Waals surface area contributed by atoms with Gasteiger partial charge in [-0.3, -0.25) is 0 Å². The summed E-state index contributed by atoms with van der Waals surface area (Å²) < 4.78 is 21.7. The molecular weight excluding hydrogens is 440 g/mol. The Morgan fingerprint density at radius 1 is 0.529 bits per heavy atom. The molecule has 8 nitrogen and oxygen atoms in total. The van der Waals surface area contributed by atoms with E-state index in [1.807, 2.05) is 0 Å². The van der Waals surface area contributed by atoms with E-state index in [4.69, 9.17) is 18.9 Å². The lowest BCUT2D eigenvalue weighted by atomic mass is 10.1. The van der Waals surface area contributed by atoms with Gasteiger partial charge in [0.1, 0.15) is 0 Å². The summed E-state index contributed by atoms with van der Waals surface area (Å²) >= 11 is 0. The summed E-state index contributed by atoms with van der Waals surface area (Å²) in [4.78, 5) is 22.6. The van der Waals surface area contributed by atoms with Crippen molar-refractivity contribution < 1.29 is 38.7 Å². The van der Waals surface area contributed by atoms with Crippen molar-refractivity contribution >= 4 is 11.9 Å². The predicted octanol–water partition coefficient (Wildman–Crippen LogP) is 5.46. The molecule has 0 aromatic heterocycles. The Bertz CT molecular complexity index is 430. The molecule has 202 valence electrons. The van der Waals surface area contributed by atoms with Gasteiger partial charge in [-0.25, -0.2) is 9.59 Å². The molecule has 2 unspecified atom stereocenters. The van der Waals surface area contributed by atoms with E-state index in [1.165, 1.54) is 38.5 Å². The Kier molecular flexibility index (Phi) is 24.0. The van der Waals surface area contributed by atoms with Gasteiger partial charge in [0, 0.05) is 0 Å². The zero-order valence-corrected chi connectivity index (χ0v) is 21.6. The molecule has 0 saturated carbocycles. The van der Waals surface area contributed by atoms with E-state index in [2.05, 4.69) is 13.8 Å². The molecule has 0 fully saturated rings. The van der Waals surface area contributed by atoms with Crippen LogP contribution in [-0.2, 0) is 28.5 Å². The van der Waals surface area contributed by atoms with Crippen molar-refractivity contribution in [3.63, 3.8) is 0 Å². The molecule has 34 heavy (non-hydrogen) atoms. The van der Waals surface area contributed by atoms with Crippen LogP contribution < -0.4 is 0 Å². The molecule has 0 aromatic rings. The van der Waals surface area contributed by atoms with E-state index >= 15 is 0 Å². The molecule has 0 aliphatic heterocycles. The molecule has 0 amide bonds. The van der Waals surface area contributed by atoms with Crippen molar-refractivity contribution in [1.29, 1.82) is 0 Å². The molecule has 8 heteroatoms. The van der Waals surface area contributed by atoms with Crippen LogP contribution in [0.3, 0.4) is 0 Å². The summed E-state index contributed by atoms with van der Waals surface area (Å²) in [6.45, 7) is 6.14. The Balaban J connectivity index is 3.65. The van der Waals surface area contributed by atoms with Crippen LogP contribution in [-0.4, -0.2) is 74.0 Å². The van der Waals surface area contributed by atoms with Crippen LogP contribution >= 0.6 is 0 Å². The standard InChI is InChI=1S/C26H50O8/c1-3-5-7-9-11-13-15-23(25(27)28)33-21-19-31-17-18-32-20-22-34-24(26(29)30)16-14-12-10-8-6-4-2/h23-24H,3-22H2,1-2H3,(H,27,28)(H,29,30). The molecule has 0 aliphatic carbocycles. The van der Waals surface area contributed by atoms with Crippen molar-refractivity contribution in [1.82, 2.24) is 0 Å². The fourth-order valence-corrected chi connectivity index (χ4v) is 3.60. The molecule has 0 aromatic carbocycles. The van der Waals surface area contributed by atoms with Crippen LogP contribution in [0.1, 0.15) is 104 Å². The summed E-state index contributed by atoms with van der Waals surface area (Å²) in [7, 11) is 0. The van der Waals surface area contributed by atoms with Crippen LogP contribution in [0.4, 0.5) is 0 Å². The van der Waals surface area contributed by atoms with Gasteiger partial charge < -0.3 is 29.2 Å². The average molecular weight is 491 g/mol.